The summed E-state index contributed by atoms with van der Waals surface area (Å²) in [4.78, 5) is 20.8. The van der Waals surface area contributed by atoms with Crippen molar-refractivity contribution in [1.82, 2.24) is 0 Å². The molecule has 0 aromatic heterocycles. The Bertz CT molecular complexity index is 686. The lowest BCUT2D eigenvalue weighted by Crippen LogP contribution is -1.91. The molecule has 2 aromatic rings. The zero-order valence-electron chi connectivity index (χ0n) is 9.95. The fourth-order valence-electron chi connectivity index (χ4n) is 1.49. The minimum atomic E-state index is -0.529. The summed E-state index contributed by atoms with van der Waals surface area (Å²) in [7, 11) is 0. The number of hydrogen-bond acceptors (Lipinski definition) is 5. The van der Waals surface area contributed by atoms with E-state index in [1.807, 2.05) is 0 Å². The Hall–Kier alpha value is -2.41. The number of hydrogen-bond donors (Lipinski definition) is 1. The quantitative estimate of drug-likeness (QED) is 0.522. The van der Waals surface area contributed by atoms with Crippen LogP contribution in [0.1, 0.15) is 10.4 Å². The second kappa shape index (κ2) is 5.70. The van der Waals surface area contributed by atoms with E-state index >= 15 is 0 Å². The van der Waals surface area contributed by atoms with E-state index in [0.29, 0.717) is 16.3 Å². The predicted octanol–water partition coefficient (Wildman–Crippen LogP) is 3.67. The highest BCUT2D eigenvalue weighted by atomic mass is 79.9. The van der Waals surface area contributed by atoms with Gasteiger partial charge in [0.15, 0.2) is 11.5 Å². The van der Waals surface area contributed by atoms with Gasteiger partial charge in [0.05, 0.1) is 9.40 Å². The first-order chi connectivity index (χ1) is 9.51. The molecule has 0 aliphatic heterocycles. The molecule has 2 rings (SSSR count). The van der Waals surface area contributed by atoms with Gasteiger partial charge in [0.25, 0.3) is 5.69 Å². The first-order valence-electron chi connectivity index (χ1n) is 5.41. The summed E-state index contributed by atoms with van der Waals surface area (Å²) in [5.41, 5.74) is 0.255. The van der Waals surface area contributed by atoms with Crippen LogP contribution in [-0.4, -0.2) is 16.3 Å². The molecule has 20 heavy (non-hydrogen) atoms. The number of phenols is 1. The second-order valence-electron chi connectivity index (χ2n) is 3.82. The number of halogens is 1. The third kappa shape index (κ3) is 2.94. The van der Waals surface area contributed by atoms with Gasteiger partial charge in [-0.2, -0.15) is 0 Å². The number of nitrogens with zero attached hydrogens (tertiary/aromatic N) is 1. The highest BCUT2D eigenvalue weighted by Crippen LogP contribution is 2.36. The van der Waals surface area contributed by atoms with Gasteiger partial charge >= 0.3 is 0 Å². The molecule has 2 aromatic carbocycles. The van der Waals surface area contributed by atoms with Crippen molar-refractivity contribution in [3.63, 3.8) is 0 Å². The third-order valence-electron chi connectivity index (χ3n) is 2.47. The van der Waals surface area contributed by atoms with Gasteiger partial charge in [-0.3, -0.25) is 14.9 Å². The lowest BCUT2D eigenvalue weighted by Gasteiger charge is -2.09. The van der Waals surface area contributed by atoms with Crippen molar-refractivity contribution in [2.45, 2.75) is 0 Å². The first-order valence-corrected chi connectivity index (χ1v) is 6.20. The molecule has 0 saturated carbocycles. The molecule has 0 fully saturated rings. The maximum atomic E-state index is 10.7. The number of non-ortho nitro benzene ring substituents is 1. The lowest BCUT2D eigenvalue weighted by molar-refractivity contribution is -0.384. The van der Waals surface area contributed by atoms with E-state index in [0.717, 1.165) is 0 Å². The van der Waals surface area contributed by atoms with Gasteiger partial charge in [0.1, 0.15) is 12.0 Å². The van der Waals surface area contributed by atoms with Crippen LogP contribution >= 0.6 is 15.9 Å². The van der Waals surface area contributed by atoms with Crippen LogP contribution in [0.25, 0.3) is 0 Å². The number of benzene rings is 2. The number of rotatable bonds is 4. The summed E-state index contributed by atoms with van der Waals surface area (Å²) in [5.74, 6) is 0.235. The predicted molar refractivity (Wildman–Crippen MR) is 74.4 cm³/mol. The summed E-state index contributed by atoms with van der Waals surface area (Å²) in [6.45, 7) is 0. The normalized spacial score (nSPS) is 10.1. The standard InChI is InChI=1S/C13H8BrNO5/c14-10-6-9(15(18)19)2-4-12(10)20-13-5-8(7-16)1-3-11(13)17/h1-7,17H. The molecule has 7 heteroatoms. The Morgan fingerprint density at radius 1 is 1.20 bits per heavy atom. The van der Waals surface area contributed by atoms with E-state index in [9.17, 15) is 20.0 Å². The van der Waals surface area contributed by atoms with E-state index in [1.165, 1.54) is 36.4 Å². The number of phenolic OH excluding ortho intramolecular Hbond substituents is 1. The number of aromatic hydroxyl groups is 1. The van der Waals surface area contributed by atoms with E-state index in [-0.39, 0.29) is 22.9 Å². The molecule has 0 aliphatic carbocycles. The van der Waals surface area contributed by atoms with Crippen LogP contribution < -0.4 is 4.74 Å². The number of ether oxygens (including phenoxy) is 1. The van der Waals surface area contributed by atoms with E-state index < -0.39 is 4.92 Å². The molecule has 0 unspecified atom stereocenters. The molecule has 1 N–H and O–H groups in total. The van der Waals surface area contributed by atoms with Crippen molar-refractivity contribution in [2.24, 2.45) is 0 Å². The van der Waals surface area contributed by atoms with Gasteiger partial charge in [0, 0.05) is 17.7 Å². The molecule has 0 saturated heterocycles. The minimum absolute atomic E-state index is 0.0872. The number of aldehydes is 1. The van der Waals surface area contributed by atoms with E-state index in [1.54, 1.807) is 0 Å². The summed E-state index contributed by atoms with van der Waals surface area (Å²) in [6.07, 6.45) is 0.622. The molecule has 0 atom stereocenters. The molecule has 0 bridgehead atoms. The summed E-state index contributed by atoms with van der Waals surface area (Å²) in [5, 5.41) is 20.3. The van der Waals surface area contributed by atoms with E-state index in [2.05, 4.69) is 15.9 Å². The van der Waals surface area contributed by atoms with Gasteiger partial charge in [0.2, 0.25) is 0 Å². The zero-order chi connectivity index (χ0) is 14.7. The van der Waals surface area contributed by atoms with Crippen LogP contribution in [0.2, 0.25) is 0 Å². The van der Waals surface area contributed by atoms with Crippen LogP contribution in [0.5, 0.6) is 17.2 Å². The number of nitro benzene ring substituents is 1. The van der Waals surface area contributed by atoms with Crippen molar-refractivity contribution in [3.8, 4) is 17.2 Å². The van der Waals surface area contributed by atoms with Crippen LogP contribution in [0, 0.1) is 10.1 Å². The maximum absolute atomic E-state index is 10.7. The summed E-state index contributed by atoms with van der Waals surface area (Å²) in [6, 6.07) is 8.11. The molecular weight excluding hydrogens is 330 g/mol. The fourth-order valence-corrected chi connectivity index (χ4v) is 1.94. The molecule has 0 amide bonds. The van der Waals surface area contributed by atoms with Gasteiger partial charge in [-0.05, 0) is 40.2 Å². The largest absolute Gasteiger partial charge is 0.504 e. The monoisotopic (exact) mass is 337 g/mol. The SMILES string of the molecule is O=Cc1ccc(O)c(Oc2ccc([N+](=O)[O-])cc2Br)c1. The van der Waals surface area contributed by atoms with Crippen LogP contribution in [0.3, 0.4) is 0 Å². The van der Waals surface area contributed by atoms with Crippen molar-refractivity contribution in [1.29, 1.82) is 0 Å². The fraction of sp³-hybridized carbons (Fsp3) is 0. The lowest BCUT2D eigenvalue weighted by atomic mass is 10.2. The molecule has 6 nitrogen and oxygen atoms in total. The molecule has 0 aliphatic rings. The van der Waals surface area contributed by atoms with Crippen molar-refractivity contribution < 1.29 is 19.6 Å². The molecule has 102 valence electrons. The second-order valence-corrected chi connectivity index (χ2v) is 4.67. The number of nitro groups is 1. The Balaban J connectivity index is 2.35. The molecule has 0 radical (unpaired) electrons. The number of carbonyl (C=O) groups is 1. The van der Waals surface area contributed by atoms with E-state index in [4.69, 9.17) is 4.74 Å². The van der Waals surface area contributed by atoms with Crippen molar-refractivity contribution >= 4 is 27.9 Å². The molecular formula is C13H8BrNO5. The summed E-state index contributed by atoms with van der Waals surface area (Å²) < 4.78 is 5.80. The molecule has 0 spiro atoms. The van der Waals surface area contributed by atoms with Gasteiger partial charge in [-0.25, -0.2) is 0 Å². The van der Waals surface area contributed by atoms with Gasteiger partial charge in [-0.15, -0.1) is 0 Å². The average molecular weight is 338 g/mol. The first kappa shape index (κ1) is 14.0. The topological polar surface area (TPSA) is 89.7 Å². The summed E-state index contributed by atoms with van der Waals surface area (Å²) >= 11 is 3.15. The highest BCUT2D eigenvalue weighted by Gasteiger charge is 2.12. The average Bonchev–Trinajstić information content (AvgIpc) is 2.43. The zero-order valence-corrected chi connectivity index (χ0v) is 11.5. The number of carbonyl (C=O) groups excluding carboxylic acids is 1. The highest BCUT2D eigenvalue weighted by molar-refractivity contribution is 9.10. The van der Waals surface area contributed by atoms with Crippen LogP contribution in [-0.2, 0) is 0 Å². The van der Waals surface area contributed by atoms with Crippen LogP contribution in [0.4, 0.5) is 5.69 Å². The van der Waals surface area contributed by atoms with Crippen molar-refractivity contribution in [3.05, 3.63) is 56.5 Å². The minimum Gasteiger partial charge on any atom is -0.504 e. The Morgan fingerprint density at radius 3 is 2.55 bits per heavy atom. The van der Waals surface area contributed by atoms with Gasteiger partial charge in [-0.1, -0.05) is 0 Å². The Morgan fingerprint density at radius 2 is 1.95 bits per heavy atom. The maximum Gasteiger partial charge on any atom is 0.270 e. The Labute approximate surface area is 121 Å². The van der Waals surface area contributed by atoms with Crippen molar-refractivity contribution in [2.75, 3.05) is 0 Å². The Kier molecular flexibility index (Phi) is 3.99. The van der Waals surface area contributed by atoms with Gasteiger partial charge < -0.3 is 9.84 Å². The van der Waals surface area contributed by atoms with Crippen LogP contribution in [0.15, 0.2) is 40.9 Å². The smallest absolute Gasteiger partial charge is 0.270 e. The molecule has 0 heterocycles. The third-order valence-corrected chi connectivity index (χ3v) is 3.09.